The minimum atomic E-state index is -0.436. The average Bonchev–Trinajstić information content (AvgIpc) is 2.75. The van der Waals surface area contributed by atoms with E-state index in [0.29, 0.717) is 5.56 Å². The van der Waals surface area contributed by atoms with E-state index in [1.807, 2.05) is 29.8 Å². The first-order chi connectivity index (χ1) is 9.56. The Hall–Kier alpha value is -2.62. The Bertz CT molecular complexity index is 818. The molecule has 1 heterocycles. The molecule has 4 nitrogen and oxygen atoms in total. The van der Waals surface area contributed by atoms with E-state index in [1.54, 1.807) is 12.1 Å². The number of aryl methyl sites for hydroxylation is 2. The third kappa shape index (κ3) is 1.95. The molecule has 0 saturated heterocycles. The van der Waals surface area contributed by atoms with Crippen LogP contribution in [0.2, 0.25) is 0 Å². The monoisotopic (exact) mass is 265 g/mol. The first-order valence-corrected chi connectivity index (χ1v) is 6.39. The number of imidazole rings is 1. The molecule has 2 aromatic carbocycles. The zero-order valence-electron chi connectivity index (χ0n) is 11.4. The van der Waals surface area contributed by atoms with E-state index in [1.165, 1.54) is 5.56 Å². The van der Waals surface area contributed by atoms with E-state index in [2.05, 4.69) is 24.0 Å². The van der Waals surface area contributed by atoms with Crippen LogP contribution in [0.25, 0.3) is 22.4 Å². The van der Waals surface area contributed by atoms with E-state index in [9.17, 15) is 4.79 Å². The molecule has 1 aromatic heterocycles. The maximum Gasteiger partial charge on any atom is 0.248 e. The first kappa shape index (κ1) is 12.4. The molecule has 1 amide bonds. The third-order valence-corrected chi connectivity index (χ3v) is 3.44. The maximum atomic E-state index is 11.2. The normalized spacial score (nSPS) is 10.9. The largest absolute Gasteiger partial charge is 0.366 e. The lowest BCUT2D eigenvalue weighted by molar-refractivity contribution is 0.100. The molecule has 0 fully saturated rings. The van der Waals surface area contributed by atoms with Crippen molar-refractivity contribution in [2.45, 2.75) is 6.92 Å². The quantitative estimate of drug-likeness (QED) is 0.774. The molecule has 0 unspecified atom stereocenters. The average molecular weight is 265 g/mol. The molecule has 100 valence electrons. The van der Waals surface area contributed by atoms with Gasteiger partial charge in [0.25, 0.3) is 0 Å². The molecule has 0 aliphatic heterocycles. The van der Waals surface area contributed by atoms with Crippen molar-refractivity contribution in [3.8, 4) is 11.4 Å². The van der Waals surface area contributed by atoms with Gasteiger partial charge in [-0.05, 0) is 31.2 Å². The molecular formula is C16H15N3O. The second-order valence-corrected chi connectivity index (χ2v) is 4.93. The lowest BCUT2D eigenvalue weighted by Gasteiger charge is -2.03. The molecule has 0 spiro atoms. The molecular weight excluding hydrogens is 250 g/mol. The van der Waals surface area contributed by atoms with Crippen molar-refractivity contribution >= 4 is 16.9 Å². The van der Waals surface area contributed by atoms with Gasteiger partial charge in [-0.25, -0.2) is 4.98 Å². The zero-order valence-corrected chi connectivity index (χ0v) is 11.4. The Kier molecular flexibility index (Phi) is 2.79. The molecule has 0 bridgehead atoms. The summed E-state index contributed by atoms with van der Waals surface area (Å²) in [6.45, 7) is 2.05. The molecule has 3 rings (SSSR count). The topological polar surface area (TPSA) is 60.9 Å². The summed E-state index contributed by atoms with van der Waals surface area (Å²) in [5, 5.41) is 0. The number of fused-ring (bicyclic) bond motifs is 1. The summed E-state index contributed by atoms with van der Waals surface area (Å²) in [5.41, 5.74) is 9.79. The van der Waals surface area contributed by atoms with Crippen molar-refractivity contribution < 1.29 is 4.79 Å². The van der Waals surface area contributed by atoms with Gasteiger partial charge >= 0.3 is 0 Å². The number of carbonyl (C=O) groups is 1. The second-order valence-electron chi connectivity index (χ2n) is 4.93. The molecule has 0 aliphatic carbocycles. The predicted octanol–water partition coefficient (Wildman–Crippen LogP) is 2.65. The van der Waals surface area contributed by atoms with Crippen LogP contribution in [0.3, 0.4) is 0 Å². The highest BCUT2D eigenvalue weighted by Gasteiger charge is 2.11. The smallest absolute Gasteiger partial charge is 0.248 e. The van der Waals surface area contributed by atoms with Crippen LogP contribution in [-0.4, -0.2) is 15.5 Å². The van der Waals surface area contributed by atoms with E-state index in [4.69, 9.17) is 5.73 Å². The number of hydrogen-bond acceptors (Lipinski definition) is 2. The minimum Gasteiger partial charge on any atom is -0.366 e. The fourth-order valence-corrected chi connectivity index (χ4v) is 2.40. The van der Waals surface area contributed by atoms with Gasteiger partial charge in [-0.15, -0.1) is 0 Å². The zero-order chi connectivity index (χ0) is 14.3. The highest BCUT2D eigenvalue weighted by atomic mass is 16.1. The van der Waals surface area contributed by atoms with Crippen molar-refractivity contribution in [3.63, 3.8) is 0 Å². The number of rotatable bonds is 2. The Morgan fingerprint density at radius 1 is 1.20 bits per heavy atom. The van der Waals surface area contributed by atoms with Gasteiger partial charge in [-0.3, -0.25) is 4.79 Å². The van der Waals surface area contributed by atoms with Crippen molar-refractivity contribution in [3.05, 3.63) is 53.6 Å². The van der Waals surface area contributed by atoms with Crippen molar-refractivity contribution in [1.82, 2.24) is 9.55 Å². The highest BCUT2D eigenvalue weighted by Crippen LogP contribution is 2.24. The van der Waals surface area contributed by atoms with Crippen molar-refractivity contribution in [2.24, 2.45) is 12.8 Å². The van der Waals surface area contributed by atoms with E-state index < -0.39 is 5.91 Å². The summed E-state index contributed by atoms with van der Waals surface area (Å²) in [5.74, 6) is 0.444. The van der Waals surface area contributed by atoms with Crippen LogP contribution in [0, 0.1) is 6.92 Å². The fraction of sp³-hybridized carbons (Fsp3) is 0.125. The Labute approximate surface area is 116 Å². The number of hydrogen-bond donors (Lipinski definition) is 1. The molecule has 0 saturated carbocycles. The van der Waals surface area contributed by atoms with Crippen molar-refractivity contribution in [1.29, 1.82) is 0 Å². The van der Waals surface area contributed by atoms with E-state index in [-0.39, 0.29) is 0 Å². The molecule has 0 aliphatic rings. The van der Waals surface area contributed by atoms with E-state index in [0.717, 1.165) is 22.4 Å². The van der Waals surface area contributed by atoms with E-state index >= 15 is 0 Å². The molecule has 2 N–H and O–H groups in total. The number of nitrogens with two attached hydrogens (primary N) is 1. The van der Waals surface area contributed by atoms with Gasteiger partial charge in [0.15, 0.2) is 0 Å². The van der Waals surface area contributed by atoms with Crippen molar-refractivity contribution in [2.75, 3.05) is 0 Å². The lowest BCUT2D eigenvalue weighted by Crippen LogP contribution is -2.10. The van der Waals surface area contributed by atoms with Crippen LogP contribution in [0.5, 0.6) is 0 Å². The molecule has 0 atom stereocenters. The summed E-state index contributed by atoms with van der Waals surface area (Å²) >= 11 is 0. The number of benzene rings is 2. The SMILES string of the molecule is Cc1cccc(-c2nc3cc(C(N)=O)ccc3n2C)c1. The lowest BCUT2D eigenvalue weighted by atomic mass is 10.1. The van der Waals surface area contributed by atoms with Gasteiger partial charge in [-0.2, -0.15) is 0 Å². The fourth-order valence-electron chi connectivity index (χ4n) is 2.40. The molecule has 0 radical (unpaired) electrons. The second kappa shape index (κ2) is 4.49. The highest BCUT2D eigenvalue weighted by molar-refractivity contribution is 5.96. The van der Waals surface area contributed by atoms with Crippen LogP contribution in [0.1, 0.15) is 15.9 Å². The van der Waals surface area contributed by atoms with Crippen LogP contribution < -0.4 is 5.73 Å². The molecule has 3 aromatic rings. The first-order valence-electron chi connectivity index (χ1n) is 6.39. The van der Waals surface area contributed by atoms with Gasteiger partial charge < -0.3 is 10.3 Å². The third-order valence-electron chi connectivity index (χ3n) is 3.44. The summed E-state index contributed by atoms with van der Waals surface area (Å²) in [6.07, 6.45) is 0. The van der Waals surface area contributed by atoms with Gasteiger partial charge in [0.1, 0.15) is 5.82 Å². The Morgan fingerprint density at radius 3 is 2.70 bits per heavy atom. The number of amides is 1. The Balaban J connectivity index is 2.22. The molecule has 4 heteroatoms. The Morgan fingerprint density at radius 2 is 2.00 bits per heavy atom. The summed E-state index contributed by atoms with van der Waals surface area (Å²) in [6, 6.07) is 13.5. The summed E-state index contributed by atoms with van der Waals surface area (Å²) < 4.78 is 2.02. The summed E-state index contributed by atoms with van der Waals surface area (Å²) in [4.78, 5) is 15.9. The molecule has 20 heavy (non-hydrogen) atoms. The van der Waals surface area contributed by atoms with Crippen LogP contribution >= 0.6 is 0 Å². The van der Waals surface area contributed by atoms with Gasteiger partial charge in [0.2, 0.25) is 5.91 Å². The van der Waals surface area contributed by atoms with Gasteiger partial charge in [0, 0.05) is 18.2 Å². The number of carbonyl (C=O) groups excluding carboxylic acids is 1. The van der Waals surface area contributed by atoms with Gasteiger partial charge in [-0.1, -0.05) is 23.8 Å². The van der Waals surface area contributed by atoms with Crippen LogP contribution in [0.4, 0.5) is 0 Å². The van der Waals surface area contributed by atoms with Crippen LogP contribution in [0.15, 0.2) is 42.5 Å². The van der Waals surface area contributed by atoms with Crippen LogP contribution in [-0.2, 0) is 7.05 Å². The minimum absolute atomic E-state index is 0.436. The number of aromatic nitrogens is 2. The standard InChI is InChI=1S/C16H15N3O/c1-10-4-3-5-12(8-10)16-18-13-9-11(15(17)20)6-7-14(13)19(16)2/h3-9H,1-2H3,(H2,17,20). The summed E-state index contributed by atoms with van der Waals surface area (Å²) in [7, 11) is 1.97. The predicted molar refractivity (Wildman–Crippen MR) is 79.4 cm³/mol. The number of nitrogens with zero attached hydrogens (tertiary/aromatic N) is 2. The maximum absolute atomic E-state index is 11.2. The number of primary amides is 1. The van der Waals surface area contributed by atoms with Gasteiger partial charge in [0.05, 0.1) is 11.0 Å².